The molecule has 0 radical (unpaired) electrons. The Labute approximate surface area is 119 Å². The largest absolute Gasteiger partial charge is 0.323 e. The second-order valence-corrected chi connectivity index (χ2v) is 5.83. The van der Waals surface area contributed by atoms with Crippen molar-refractivity contribution in [1.29, 1.82) is 0 Å². The Morgan fingerprint density at radius 2 is 1.84 bits per heavy atom. The highest BCUT2D eigenvalue weighted by atomic mass is 15.1. The molecule has 0 fully saturated rings. The van der Waals surface area contributed by atoms with Crippen LogP contribution in [0.2, 0.25) is 0 Å². The second kappa shape index (κ2) is 7.66. The Morgan fingerprint density at radius 1 is 1.16 bits per heavy atom. The lowest BCUT2D eigenvalue weighted by Crippen LogP contribution is -2.35. The van der Waals surface area contributed by atoms with E-state index in [0.29, 0.717) is 0 Å². The quantitative estimate of drug-likeness (QED) is 0.812. The van der Waals surface area contributed by atoms with E-state index in [1.165, 1.54) is 23.1 Å². The van der Waals surface area contributed by atoms with Gasteiger partial charge in [-0.2, -0.15) is 0 Å². The highest BCUT2D eigenvalue weighted by Gasteiger charge is 2.14. The van der Waals surface area contributed by atoms with Crippen molar-refractivity contribution < 1.29 is 0 Å². The van der Waals surface area contributed by atoms with Gasteiger partial charge in [-0.05, 0) is 37.4 Å². The van der Waals surface area contributed by atoms with Crippen LogP contribution < -0.4 is 5.73 Å². The number of nitrogens with zero attached hydrogens (tertiary/aromatic N) is 1. The first-order chi connectivity index (χ1) is 8.97. The summed E-state index contributed by atoms with van der Waals surface area (Å²) in [5.74, 6) is 0.742. The average Bonchev–Trinajstić information content (AvgIpc) is 2.37. The summed E-state index contributed by atoms with van der Waals surface area (Å²) in [5, 5.41) is 0. The van der Waals surface area contributed by atoms with Crippen molar-refractivity contribution >= 4 is 0 Å². The zero-order valence-electron chi connectivity index (χ0n) is 13.2. The second-order valence-electron chi connectivity index (χ2n) is 5.83. The molecule has 0 spiro atoms. The third-order valence-corrected chi connectivity index (χ3v) is 3.99. The van der Waals surface area contributed by atoms with E-state index in [0.717, 1.165) is 25.6 Å². The molecule has 2 heteroatoms. The van der Waals surface area contributed by atoms with E-state index in [1.54, 1.807) is 0 Å². The Balaban J connectivity index is 2.68. The first-order valence-corrected chi connectivity index (χ1v) is 7.53. The predicted molar refractivity (Wildman–Crippen MR) is 84.4 cm³/mol. The van der Waals surface area contributed by atoms with E-state index >= 15 is 0 Å². The van der Waals surface area contributed by atoms with Crippen molar-refractivity contribution in [1.82, 2.24) is 4.90 Å². The van der Waals surface area contributed by atoms with Crippen molar-refractivity contribution in [3.8, 4) is 0 Å². The monoisotopic (exact) mass is 262 g/mol. The SMILES string of the molecule is CCC(C)CN(CC)CC(N)c1ccc(C)cc1C. The minimum absolute atomic E-state index is 0.115. The van der Waals surface area contributed by atoms with E-state index in [1.807, 2.05) is 0 Å². The minimum atomic E-state index is 0.115. The number of benzene rings is 1. The number of nitrogens with two attached hydrogens (primary N) is 1. The van der Waals surface area contributed by atoms with Crippen molar-refractivity contribution in [2.24, 2.45) is 11.7 Å². The Bertz CT molecular complexity index is 387. The van der Waals surface area contributed by atoms with Gasteiger partial charge in [0.2, 0.25) is 0 Å². The number of hydrogen-bond acceptors (Lipinski definition) is 2. The highest BCUT2D eigenvalue weighted by molar-refractivity contribution is 5.32. The van der Waals surface area contributed by atoms with Crippen molar-refractivity contribution in [3.05, 3.63) is 34.9 Å². The molecule has 0 saturated heterocycles. The van der Waals surface area contributed by atoms with Crippen molar-refractivity contribution in [2.75, 3.05) is 19.6 Å². The molecule has 0 aliphatic carbocycles. The van der Waals surface area contributed by atoms with Crippen molar-refractivity contribution in [2.45, 2.75) is 47.1 Å². The van der Waals surface area contributed by atoms with E-state index < -0.39 is 0 Å². The summed E-state index contributed by atoms with van der Waals surface area (Å²) < 4.78 is 0. The van der Waals surface area contributed by atoms with Gasteiger partial charge in [0.15, 0.2) is 0 Å². The van der Waals surface area contributed by atoms with Gasteiger partial charge in [0, 0.05) is 19.1 Å². The Hall–Kier alpha value is -0.860. The van der Waals surface area contributed by atoms with Gasteiger partial charge in [0.1, 0.15) is 0 Å². The van der Waals surface area contributed by atoms with Gasteiger partial charge in [0.25, 0.3) is 0 Å². The standard InChI is InChI=1S/C17H30N2/c1-6-13(3)11-19(7-2)12-17(18)16-9-8-14(4)10-15(16)5/h8-10,13,17H,6-7,11-12,18H2,1-5H3. The summed E-state index contributed by atoms with van der Waals surface area (Å²) in [6, 6.07) is 6.68. The smallest absolute Gasteiger partial charge is 0.0426 e. The first-order valence-electron chi connectivity index (χ1n) is 7.53. The molecule has 1 rings (SSSR count). The minimum Gasteiger partial charge on any atom is -0.323 e. The first kappa shape index (κ1) is 16.2. The van der Waals surface area contributed by atoms with Crippen LogP contribution >= 0.6 is 0 Å². The van der Waals surface area contributed by atoms with E-state index in [9.17, 15) is 0 Å². The summed E-state index contributed by atoms with van der Waals surface area (Å²) in [7, 11) is 0. The summed E-state index contributed by atoms with van der Waals surface area (Å²) in [6.07, 6.45) is 1.23. The zero-order chi connectivity index (χ0) is 14.4. The molecule has 108 valence electrons. The summed E-state index contributed by atoms with van der Waals surface area (Å²) >= 11 is 0. The van der Waals surface area contributed by atoms with Gasteiger partial charge in [0.05, 0.1) is 0 Å². The number of hydrogen-bond donors (Lipinski definition) is 1. The van der Waals surface area contributed by atoms with Gasteiger partial charge in [-0.25, -0.2) is 0 Å². The van der Waals surface area contributed by atoms with Crippen LogP contribution in [0.4, 0.5) is 0 Å². The fourth-order valence-corrected chi connectivity index (χ4v) is 2.52. The molecule has 0 aliphatic heterocycles. The lowest BCUT2D eigenvalue weighted by molar-refractivity contribution is 0.232. The molecule has 1 aromatic carbocycles. The molecule has 0 amide bonds. The molecule has 0 heterocycles. The maximum Gasteiger partial charge on any atom is 0.0426 e. The maximum absolute atomic E-state index is 6.40. The van der Waals surface area contributed by atoms with E-state index in [2.05, 4.69) is 57.7 Å². The van der Waals surface area contributed by atoms with Gasteiger partial charge in [-0.3, -0.25) is 0 Å². The van der Waals surface area contributed by atoms with Crippen LogP contribution in [0.25, 0.3) is 0 Å². The fourth-order valence-electron chi connectivity index (χ4n) is 2.52. The fraction of sp³-hybridized carbons (Fsp3) is 0.647. The molecular weight excluding hydrogens is 232 g/mol. The Morgan fingerprint density at radius 3 is 2.37 bits per heavy atom. The molecule has 2 atom stereocenters. The third-order valence-electron chi connectivity index (χ3n) is 3.99. The number of rotatable bonds is 7. The van der Waals surface area contributed by atoms with E-state index in [-0.39, 0.29) is 6.04 Å². The van der Waals surface area contributed by atoms with Crippen LogP contribution in [0.5, 0.6) is 0 Å². The maximum atomic E-state index is 6.40. The summed E-state index contributed by atoms with van der Waals surface area (Å²) in [5.41, 5.74) is 10.3. The molecule has 1 aromatic rings. The van der Waals surface area contributed by atoms with Gasteiger partial charge < -0.3 is 10.6 Å². The van der Waals surface area contributed by atoms with Crippen LogP contribution in [0.15, 0.2) is 18.2 Å². The van der Waals surface area contributed by atoms with Crippen LogP contribution in [-0.4, -0.2) is 24.5 Å². The van der Waals surface area contributed by atoms with Crippen LogP contribution in [0.3, 0.4) is 0 Å². The lowest BCUT2D eigenvalue weighted by Gasteiger charge is -2.27. The normalized spacial score (nSPS) is 14.7. The van der Waals surface area contributed by atoms with Crippen LogP contribution in [-0.2, 0) is 0 Å². The molecule has 19 heavy (non-hydrogen) atoms. The van der Waals surface area contributed by atoms with Crippen LogP contribution in [0.1, 0.15) is 49.9 Å². The topological polar surface area (TPSA) is 29.3 Å². The average molecular weight is 262 g/mol. The molecule has 0 aliphatic rings. The predicted octanol–water partition coefficient (Wildman–Crippen LogP) is 3.67. The van der Waals surface area contributed by atoms with Gasteiger partial charge >= 0.3 is 0 Å². The van der Waals surface area contributed by atoms with Crippen LogP contribution in [0, 0.1) is 19.8 Å². The highest BCUT2D eigenvalue weighted by Crippen LogP contribution is 2.18. The summed E-state index contributed by atoms with van der Waals surface area (Å²) in [4.78, 5) is 2.47. The molecular formula is C17H30N2. The molecule has 2 nitrogen and oxygen atoms in total. The molecule has 0 saturated carbocycles. The molecule has 2 N–H and O–H groups in total. The van der Waals surface area contributed by atoms with Gasteiger partial charge in [-0.1, -0.05) is 51.0 Å². The number of likely N-dealkylation sites (N-methyl/N-ethyl adjacent to an activating group) is 1. The molecule has 0 aromatic heterocycles. The third kappa shape index (κ3) is 4.96. The van der Waals surface area contributed by atoms with Gasteiger partial charge in [-0.15, -0.1) is 0 Å². The lowest BCUT2D eigenvalue weighted by atomic mass is 9.99. The van der Waals surface area contributed by atoms with Crippen molar-refractivity contribution in [3.63, 3.8) is 0 Å². The number of aryl methyl sites for hydroxylation is 2. The van der Waals surface area contributed by atoms with E-state index in [4.69, 9.17) is 5.73 Å². The molecule has 0 bridgehead atoms. The zero-order valence-corrected chi connectivity index (χ0v) is 13.2. The summed E-state index contributed by atoms with van der Waals surface area (Å²) in [6.45, 7) is 14.2. The Kier molecular flexibility index (Phi) is 6.53. The molecule has 2 unspecified atom stereocenters.